The summed E-state index contributed by atoms with van der Waals surface area (Å²) in [6.45, 7) is 2.14. The van der Waals surface area contributed by atoms with Gasteiger partial charge in [0.1, 0.15) is 5.75 Å². The molecule has 2 heterocycles. The Balaban J connectivity index is 1.85. The van der Waals surface area contributed by atoms with E-state index in [9.17, 15) is 18.0 Å². The van der Waals surface area contributed by atoms with Gasteiger partial charge in [-0.15, -0.1) is 0 Å². The molecule has 0 unspecified atom stereocenters. The number of amides is 1. The van der Waals surface area contributed by atoms with E-state index in [0.717, 1.165) is 38.1 Å². The van der Waals surface area contributed by atoms with Crippen molar-refractivity contribution >= 4 is 11.6 Å². The Kier molecular flexibility index (Phi) is 4.48. The monoisotopic (exact) mass is 328 g/mol. The van der Waals surface area contributed by atoms with Gasteiger partial charge in [0.05, 0.1) is 17.9 Å². The average Bonchev–Trinajstić information content (AvgIpc) is 2.49. The average molecular weight is 328 g/mol. The maximum atomic E-state index is 12.8. The van der Waals surface area contributed by atoms with Crippen molar-refractivity contribution in [2.75, 3.05) is 25.0 Å². The highest BCUT2D eigenvalue weighted by Crippen LogP contribution is 2.36. The van der Waals surface area contributed by atoms with Crippen LogP contribution in [-0.2, 0) is 11.0 Å². The largest absolute Gasteiger partial charge is 0.491 e. The Hall–Kier alpha value is -1.76. The summed E-state index contributed by atoms with van der Waals surface area (Å²) in [6.07, 6.45) is -2.43. The van der Waals surface area contributed by atoms with Crippen molar-refractivity contribution in [3.63, 3.8) is 0 Å². The molecule has 1 amide bonds. The summed E-state index contributed by atoms with van der Waals surface area (Å²) in [5.41, 5.74) is -0.700. The topological polar surface area (TPSA) is 50.4 Å². The maximum Gasteiger partial charge on any atom is 0.416 e. The van der Waals surface area contributed by atoms with E-state index in [2.05, 4.69) is 10.6 Å². The van der Waals surface area contributed by atoms with Crippen LogP contribution in [0.2, 0.25) is 0 Å². The number of alkyl halides is 3. The summed E-state index contributed by atoms with van der Waals surface area (Å²) in [7, 11) is 0. The molecule has 2 N–H and O–H groups in total. The molecule has 1 aromatic rings. The van der Waals surface area contributed by atoms with Crippen LogP contribution in [0.25, 0.3) is 0 Å². The van der Waals surface area contributed by atoms with Gasteiger partial charge in [-0.3, -0.25) is 4.79 Å². The Morgan fingerprint density at radius 2 is 2.00 bits per heavy atom. The smallest absolute Gasteiger partial charge is 0.416 e. The number of anilines is 1. The fourth-order valence-corrected chi connectivity index (χ4v) is 3.27. The molecule has 0 spiro atoms. The predicted molar refractivity (Wildman–Crippen MR) is 79.3 cm³/mol. The second-order valence-corrected chi connectivity index (χ2v) is 6.11. The number of rotatable bonds is 0. The fourth-order valence-electron chi connectivity index (χ4n) is 3.27. The molecule has 0 aliphatic carbocycles. The van der Waals surface area contributed by atoms with Gasteiger partial charge in [-0.05, 0) is 56.0 Å². The molecule has 23 heavy (non-hydrogen) atoms. The highest BCUT2D eigenvalue weighted by Gasteiger charge is 2.32. The second-order valence-electron chi connectivity index (χ2n) is 6.11. The minimum absolute atomic E-state index is 0.0946. The number of ether oxygens (including phenoxy) is 1. The number of benzene rings is 1. The van der Waals surface area contributed by atoms with Gasteiger partial charge in [-0.25, -0.2) is 0 Å². The minimum atomic E-state index is -4.45. The Bertz CT molecular complexity index is 589. The summed E-state index contributed by atoms with van der Waals surface area (Å²) in [4.78, 5) is 12.2. The summed E-state index contributed by atoms with van der Waals surface area (Å²) < 4.78 is 44.1. The zero-order valence-corrected chi connectivity index (χ0v) is 12.6. The molecular weight excluding hydrogens is 309 g/mol. The van der Waals surface area contributed by atoms with E-state index in [-0.39, 0.29) is 23.3 Å². The lowest BCUT2D eigenvalue weighted by molar-refractivity contribution is -0.137. The van der Waals surface area contributed by atoms with Crippen molar-refractivity contribution in [2.24, 2.45) is 11.8 Å². The van der Waals surface area contributed by atoms with Crippen LogP contribution in [0.4, 0.5) is 18.9 Å². The van der Waals surface area contributed by atoms with E-state index in [4.69, 9.17) is 4.74 Å². The number of carbonyl (C=O) groups is 1. The molecular formula is C16H19F3N2O2. The van der Waals surface area contributed by atoms with E-state index in [0.29, 0.717) is 18.9 Å². The van der Waals surface area contributed by atoms with Crippen LogP contribution in [0.5, 0.6) is 5.75 Å². The molecule has 1 saturated heterocycles. The van der Waals surface area contributed by atoms with Crippen molar-refractivity contribution in [1.29, 1.82) is 0 Å². The molecule has 4 nitrogen and oxygen atoms in total. The van der Waals surface area contributed by atoms with E-state index in [1.807, 2.05) is 0 Å². The highest BCUT2D eigenvalue weighted by atomic mass is 19.4. The minimum Gasteiger partial charge on any atom is -0.491 e. The number of piperidine rings is 1. The number of nitrogens with one attached hydrogen (secondary N) is 2. The summed E-state index contributed by atoms with van der Waals surface area (Å²) in [5.74, 6) is 0.624. The first-order chi connectivity index (χ1) is 10.9. The quantitative estimate of drug-likeness (QED) is 0.770. The summed E-state index contributed by atoms with van der Waals surface area (Å²) in [5, 5.41) is 5.91. The molecule has 1 aromatic carbocycles. The number of halogens is 3. The molecule has 126 valence electrons. The Labute approximate surface area is 132 Å². The van der Waals surface area contributed by atoms with Gasteiger partial charge in [-0.2, -0.15) is 13.2 Å². The van der Waals surface area contributed by atoms with Crippen molar-refractivity contribution < 1.29 is 22.7 Å². The standard InChI is InChI=1S/C16H19F3N2O2/c17-16(18,19)12-1-2-14-13(8-12)21-15(22)7-10-3-5-20-9-11(10)4-6-23-14/h1-2,8,10-11,20H,3-7,9H2,(H,21,22)/t10-,11-/m0/s1. The zero-order valence-electron chi connectivity index (χ0n) is 12.6. The SMILES string of the molecule is O=C1C[C@@H]2CCNC[C@@H]2CCOc2ccc(C(F)(F)F)cc2N1. The first-order valence-corrected chi connectivity index (χ1v) is 7.78. The van der Waals surface area contributed by atoms with Gasteiger partial charge in [0.25, 0.3) is 0 Å². The maximum absolute atomic E-state index is 12.8. The second kappa shape index (κ2) is 6.39. The van der Waals surface area contributed by atoms with Crippen molar-refractivity contribution in [2.45, 2.75) is 25.4 Å². The molecule has 0 radical (unpaired) electrons. The molecule has 1 fully saturated rings. The molecule has 2 aliphatic heterocycles. The van der Waals surface area contributed by atoms with E-state index >= 15 is 0 Å². The van der Waals surface area contributed by atoms with Gasteiger partial charge in [0.2, 0.25) is 5.91 Å². The van der Waals surface area contributed by atoms with Gasteiger partial charge in [0, 0.05) is 6.42 Å². The first kappa shape index (κ1) is 16.1. The van der Waals surface area contributed by atoms with Gasteiger partial charge in [-0.1, -0.05) is 0 Å². The third-order valence-electron chi connectivity index (χ3n) is 4.54. The molecule has 2 aliphatic rings. The molecule has 7 heteroatoms. The van der Waals surface area contributed by atoms with Gasteiger partial charge >= 0.3 is 6.18 Å². The highest BCUT2D eigenvalue weighted by molar-refractivity contribution is 5.92. The number of fused-ring (bicyclic) bond motifs is 2. The van der Waals surface area contributed by atoms with Crippen molar-refractivity contribution in [3.05, 3.63) is 23.8 Å². The third-order valence-corrected chi connectivity index (χ3v) is 4.54. The summed E-state index contributed by atoms with van der Waals surface area (Å²) in [6, 6.07) is 3.19. The number of hydrogen-bond acceptors (Lipinski definition) is 3. The van der Waals surface area contributed by atoms with Crippen molar-refractivity contribution in [3.8, 4) is 5.75 Å². The first-order valence-electron chi connectivity index (χ1n) is 7.78. The lowest BCUT2D eigenvalue weighted by atomic mass is 9.82. The molecule has 0 bridgehead atoms. The van der Waals surface area contributed by atoms with Crippen LogP contribution in [0, 0.1) is 11.8 Å². The van der Waals surface area contributed by atoms with Gasteiger partial charge in [0.15, 0.2) is 0 Å². The van der Waals surface area contributed by atoms with E-state index in [1.54, 1.807) is 0 Å². The molecule has 0 aromatic heterocycles. The van der Waals surface area contributed by atoms with E-state index in [1.165, 1.54) is 6.07 Å². The third kappa shape index (κ3) is 3.77. The fraction of sp³-hybridized carbons (Fsp3) is 0.562. The van der Waals surface area contributed by atoms with Gasteiger partial charge < -0.3 is 15.4 Å². The molecule has 3 rings (SSSR count). The van der Waals surface area contributed by atoms with E-state index < -0.39 is 11.7 Å². The normalized spacial score (nSPS) is 25.6. The Morgan fingerprint density at radius 3 is 2.78 bits per heavy atom. The zero-order chi connectivity index (χ0) is 16.4. The molecule has 2 atom stereocenters. The lowest BCUT2D eigenvalue weighted by Gasteiger charge is -2.32. The van der Waals surface area contributed by atoms with Crippen LogP contribution < -0.4 is 15.4 Å². The van der Waals surface area contributed by atoms with Crippen LogP contribution >= 0.6 is 0 Å². The molecule has 0 saturated carbocycles. The van der Waals surface area contributed by atoms with Crippen LogP contribution in [0.3, 0.4) is 0 Å². The van der Waals surface area contributed by atoms with Crippen LogP contribution in [0.15, 0.2) is 18.2 Å². The number of hydrogen-bond donors (Lipinski definition) is 2. The van der Waals surface area contributed by atoms with Crippen LogP contribution in [0.1, 0.15) is 24.8 Å². The van der Waals surface area contributed by atoms with Crippen molar-refractivity contribution in [1.82, 2.24) is 5.32 Å². The number of carbonyl (C=O) groups excluding carboxylic acids is 1. The predicted octanol–water partition coefficient (Wildman–Crippen LogP) is 3.04. The lowest BCUT2D eigenvalue weighted by Crippen LogP contribution is -2.39. The Morgan fingerprint density at radius 1 is 1.17 bits per heavy atom. The summed E-state index contributed by atoms with van der Waals surface area (Å²) >= 11 is 0. The van der Waals surface area contributed by atoms with Crippen LogP contribution in [-0.4, -0.2) is 25.6 Å².